The fourth-order valence-electron chi connectivity index (χ4n) is 2.84. The number of aromatic nitrogens is 2. The Kier molecular flexibility index (Phi) is 7.21. The molecule has 6 nitrogen and oxygen atoms in total. The van der Waals surface area contributed by atoms with Gasteiger partial charge < -0.3 is 9.47 Å². The van der Waals surface area contributed by atoms with Gasteiger partial charge in [0.15, 0.2) is 11.5 Å². The lowest BCUT2D eigenvalue weighted by Gasteiger charge is -2.21. The first-order chi connectivity index (χ1) is 14.6. The lowest BCUT2D eigenvalue weighted by molar-refractivity contribution is 0.188. The molecule has 0 radical (unpaired) electrons. The minimum absolute atomic E-state index is 0.0207. The number of ether oxygens (including phenoxy) is 2. The first kappa shape index (κ1) is 23.5. The summed E-state index contributed by atoms with van der Waals surface area (Å²) in [6, 6.07) is 9.13. The zero-order valence-electron chi connectivity index (χ0n) is 18.2. The van der Waals surface area contributed by atoms with Crippen LogP contribution >= 0.6 is 31.9 Å². The number of halogens is 2. The van der Waals surface area contributed by atoms with Gasteiger partial charge in [-0.05, 0) is 65.5 Å². The number of hydrogen-bond donors (Lipinski definition) is 0. The molecule has 31 heavy (non-hydrogen) atoms. The van der Waals surface area contributed by atoms with Crippen LogP contribution in [0.3, 0.4) is 0 Å². The highest BCUT2D eigenvalue weighted by molar-refractivity contribution is 9.10. The van der Waals surface area contributed by atoms with Gasteiger partial charge in [0.1, 0.15) is 5.82 Å². The molecule has 0 spiro atoms. The van der Waals surface area contributed by atoms with Crippen molar-refractivity contribution in [1.29, 1.82) is 0 Å². The molecule has 8 heteroatoms. The average molecular weight is 551 g/mol. The molecule has 0 saturated heterocycles. The normalized spacial score (nSPS) is 12.0. The van der Waals surface area contributed by atoms with Crippen molar-refractivity contribution < 1.29 is 9.47 Å². The predicted octanol–water partition coefficient (Wildman–Crippen LogP) is 5.94. The van der Waals surface area contributed by atoms with Crippen LogP contribution in [0.1, 0.15) is 39.1 Å². The Morgan fingerprint density at radius 1 is 1.13 bits per heavy atom. The van der Waals surface area contributed by atoms with E-state index in [-0.39, 0.29) is 11.0 Å². The molecule has 164 valence electrons. The van der Waals surface area contributed by atoms with Crippen LogP contribution in [0, 0.1) is 12.3 Å². The van der Waals surface area contributed by atoms with Gasteiger partial charge in [-0.15, -0.1) is 0 Å². The zero-order valence-corrected chi connectivity index (χ0v) is 21.4. The van der Waals surface area contributed by atoms with Crippen molar-refractivity contribution in [3.63, 3.8) is 0 Å². The van der Waals surface area contributed by atoms with Crippen LogP contribution in [0.5, 0.6) is 11.5 Å². The highest BCUT2D eigenvalue weighted by Gasteiger charge is 2.16. The van der Waals surface area contributed by atoms with E-state index in [1.54, 1.807) is 19.2 Å². The highest BCUT2D eigenvalue weighted by atomic mass is 79.9. The first-order valence-electron chi connectivity index (χ1n) is 9.91. The number of rotatable bonds is 6. The SMILES string of the molecule is CCOc1cc(C=Nn2c(C)nc3ccc(Br)cc3c2=O)c(Br)cc1OCC(C)(C)C. The van der Waals surface area contributed by atoms with Crippen molar-refractivity contribution in [2.24, 2.45) is 10.5 Å². The summed E-state index contributed by atoms with van der Waals surface area (Å²) >= 11 is 6.98. The molecule has 0 atom stereocenters. The molecular weight excluding hydrogens is 526 g/mol. The second kappa shape index (κ2) is 9.53. The monoisotopic (exact) mass is 549 g/mol. The van der Waals surface area contributed by atoms with Gasteiger partial charge in [0.2, 0.25) is 0 Å². The maximum atomic E-state index is 12.9. The molecule has 0 amide bonds. The maximum absolute atomic E-state index is 12.9. The summed E-state index contributed by atoms with van der Waals surface area (Å²) in [6.07, 6.45) is 1.61. The van der Waals surface area contributed by atoms with Gasteiger partial charge >= 0.3 is 0 Å². The lowest BCUT2D eigenvalue weighted by atomic mass is 9.99. The van der Waals surface area contributed by atoms with Crippen LogP contribution in [-0.2, 0) is 0 Å². The smallest absolute Gasteiger partial charge is 0.282 e. The summed E-state index contributed by atoms with van der Waals surface area (Å²) in [4.78, 5) is 17.4. The molecule has 2 aromatic carbocycles. The lowest BCUT2D eigenvalue weighted by Crippen LogP contribution is -2.20. The van der Waals surface area contributed by atoms with E-state index in [1.807, 2.05) is 31.2 Å². The fourth-order valence-corrected chi connectivity index (χ4v) is 3.63. The van der Waals surface area contributed by atoms with E-state index < -0.39 is 0 Å². The summed E-state index contributed by atoms with van der Waals surface area (Å²) in [5.41, 5.74) is 1.18. The molecule has 0 aliphatic heterocycles. The third-order valence-electron chi connectivity index (χ3n) is 4.31. The highest BCUT2D eigenvalue weighted by Crippen LogP contribution is 2.34. The third-order valence-corrected chi connectivity index (χ3v) is 5.49. The van der Waals surface area contributed by atoms with Gasteiger partial charge in [-0.25, -0.2) is 4.98 Å². The number of hydrogen-bond acceptors (Lipinski definition) is 5. The zero-order chi connectivity index (χ0) is 22.8. The van der Waals surface area contributed by atoms with E-state index in [0.717, 1.165) is 14.5 Å². The maximum Gasteiger partial charge on any atom is 0.282 e. The molecule has 3 aromatic rings. The standard InChI is InChI=1S/C23H25Br2N3O3/c1-6-30-20-9-15(18(25)11-21(20)31-13-23(3,4)5)12-26-28-14(2)27-19-8-7-16(24)10-17(19)22(28)29/h7-12H,6,13H2,1-5H3. The molecule has 1 heterocycles. The third kappa shape index (κ3) is 5.74. The van der Waals surface area contributed by atoms with Crippen molar-refractivity contribution in [3.8, 4) is 11.5 Å². The van der Waals surface area contributed by atoms with Gasteiger partial charge in [-0.2, -0.15) is 9.78 Å². The van der Waals surface area contributed by atoms with Crippen molar-refractivity contribution in [1.82, 2.24) is 9.66 Å². The van der Waals surface area contributed by atoms with E-state index >= 15 is 0 Å². The Labute approximate surface area is 198 Å². The minimum atomic E-state index is -0.230. The summed E-state index contributed by atoms with van der Waals surface area (Å²) in [7, 11) is 0. The quantitative estimate of drug-likeness (QED) is 0.356. The summed E-state index contributed by atoms with van der Waals surface area (Å²) in [5, 5.41) is 4.90. The fraction of sp³-hybridized carbons (Fsp3) is 0.348. The Morgan fingerprint density at radius 2 is 1.84 bits per heavy atom. The van der Waals surface area contributed by atoms with Crippen molar-refractivity contribution in [3.05, 3.63) is 61.0 Å². The Hall–Kier alpha value is -2.19. The molecule has 0 bridgehead atoms. The van der Waals surface area contributed by atoms with E-state index in [1.165, 1.54) is 4.68 Å². The molecule has 0 aliphatic carbocycles. The molecule has 1 aromatic heterocycles. The molecule has 0 aliphatic rings. The topological polar surface area (TPSA) is 65.7 Å². The summed E-state index contributed by atoms with van der Waals surface area (Å²) in [5.74, 6) is 1.79. The molecule has 0 saturated carbocycles. The van der Waals surface area contributed by atoms with E-state index in [2.05, 4.69) is 62.7 Å². The Balaban J connectivity index is 2.00. The number of fused-ring (bicyclic) bond motifs is 1. The molecule has 0 unspecified atom stereocenters. The second-order valence-corrected chi connectivity index (χ2v) is 10.1. The van der Waals surface area contributed by atoms with Crippen LogP contribution in [0.15, 0.2) is 49.2 Å². The predicted molar refractivity (Wildman–Crippen MR) is 132 cm³/mol. The largest absolute Gasteiger partial charge is 0.490 e. The second-order valence-electron chi connectivity index (χ2n) is 8.28. The Bertz CT molecular complexity index is 1200. The minimum Gasteiger partial charge on any atom is -0.490 e. The number of benzene rings is 2. The van der Waals surface area contributed by atoms with Gasteiger partial charge in [0.05, 0.1) is 30.3 Å². The van der Waals surface area contributed by atoms with Crippen molar-refractivity contribution in [2.75, 3.05) is 13.2 Å². The Morgan fingerprint density at radius 3 is 2.52 bits per heavy atom. The van der Waals surface area contributed by atoms with Crippen LogP contribution in [0.2, 0.25) is 0 Å². The number of nitrogens with zero attached hydrogens (tertiary/aromatic N) is 3. The van der Waals surface area contributed by atoms with E-state index in [9.17, 15) is 4.79 Å². The van der Waals surface area contributed by atoms with Crippen LogP contribution in [0.25, 0.3) is 10.9 Å². The summed E-state index contributed by atoms with van der Waals surface area (Å²) in [6.45, 7) is 11.1. The summed E-state index contributed by atoms with van der Waals surface area (Å²) < 4.78 is 14.6. The van der Waals surface area contributed by atoms with E-state index in [4.69, 9.17) is 9.47 Å². The van der Waals surface area contributed by atoms with Gasteiger partial charge in [0.25, 0.3) is 5.56 Å². The van der Waals surface area contributed by atoms with Gasteiger partial charge in [-0.3, -0.25) is 4.79 Å². The molecular formula is C23H25Br2N3O3. The van der Waals surface area contributed by atoms with Gasteiger partial charge in [0, 0.05) is 14.5 Å². The average Bonchev–Trinajstić information content (AvgIpc) is 2.69. The van der Waals surface area contributed by atoms with Crippen LogP contribution < -0.4 is 15.0 Å². The van der Waals surface area contributed by atoms with Crippen molar-refractivity contribution in [2.45, 2.75) is 34.6 Å². The van der Waals surface area contributed by atoms with E-state index in [0.29, 0.717) is 41.4 Å². The van der Waals surface area contributed by atoms with Crippen LogP contribution in [0.4, 0.5) is 0 Å². The molecule has 0 N–H and O–H groups in total. The van der Waals surface area contributed by atoms with Crippen molar-refractivity contribution >= 4 is 49.0 Å². The van der Waals surface area contributed by atoms with Crippen LogP contribution in [-0.4, -0.2) is 29.1 Å². The molecule has 3 rings (SSSR count). The molecule has 0 fully saturated rings. The van der Waals surface area contributed by atoms with Gasteiger partial charge in [-0.1, -0.05) is 36.7 Å². The number of aryl methyl sites for hydroxylation is 1. The first-order valence-corrected chi connectivity index (χ1v) is 11.5.